The van der Waals surface area contributed by atoms with Crippen LogP contribution >= 0.6 is 0 Å². The number of nitrogens with zero attached hydrogens (tertiary/aromatic N) is 4. The summed E-state index contributed by atoms with van der Waals surface area (Å²) in [4.78, 5) is 30.1. The van der Waals surface area contributed by atoms with Crippen molar-refractivity contribution in [3.05, 3.63) is 47.0 Å². The highest BCUT2D eigenvalue weighted by molar-refractivity contribution is 5.76. The van der Waals surface area contributed by atoms with E-state index in [4.69, 9.17) is 0 Å². The van der Waals surface area contributed by atoms with Gasteiger partial charge in [0.1, 0.15) is 0 Å². The van der Waals surface area contributed by atoms with Crippen molar-refractivity contribution in [2.45, 2.75) is 38.6 Å². The Morgan fingerprint density at radius 2 is 1.79 bits per heavy atom. The van der Waals surface area contributed by atoms with Gasteiger partial charge in [-0.2, -0.15) is 5.10 Å². The molecule has 1 aliphatic heterocycles. The van der Waals surface area contributed by atoms with Crippen LogP contribution in [0.3, 0.4) is 0 Å². The Morgan fingerprint density at radius 3 is 2.54 bits per heavy atom. The Kier molecular flexibility index (Phi) is 5.36. The van der Waals surface area contributed by atoms with Crippen molar-refractivity contribution in [3.8, 4) is 11.3 Å². The van der Waals surface area contributed by atoms with Crippen LogP contribution < -0.4 is 5.56 Å². The largest absolute Gasteiger partial charge is 0.343 e. The monoisotopic (exact) mass is 326 g/mol. The maximum atomic E-state index is 12.2. The molecule has 1 fully saturated rings. The van der Waals surface area contributed by atoms with Gasteiger partial charge in [0, 0.05) is 50.1 Å². The lowest BCUT2D eigenvalue weighted by Crippen LogP contribution is -2.35. The van der Waals surface area contributed by atoms with Crippen molar-refractivity contribution in [3.63, 3.8) is 0 Å². The van der Waals surface area contributed by atoms with Crippen LogP contribution in [0, 0.1) is 0 Å². The molecule has 0 bridgehead atoms. The highest BCUT2D eigenvalue weighted by atomic mass is 16.2. The van der Waals surface area contributed by atoms with Gasteiger partial charge < -0.3 is 4.90 Å². The minimum absolute atomic E-state index is 0.141. The molecular weight excluding hydrogens is 304 g/mol. The molecule has 2 aromatic rings. The lowest BCUT2D eigenvalue weighted by atomic mass is 10.1. The van der Waals surface area contributed by atoms with E-state index in [1.165, 1.54) is 17.2 Å². The summed E-state index contributed by atoms with van der Waals surface area (Å²) in [6.45, 7) is 2.19. The zero-order valence-corrected chi connectivity index (χ0v) is 13.7. The first kappa shape index (κ1) is 16.4. The normalized spacial score (nSPS) is 14.6. The zero-order chi connectivity index (χ0) is 16.8. The topological polar surface area (TPSA) is 68.1 Å². The maximum Gasteiger partial charge on any atom is 0.266 e. The van der Waals surface area contributed by atoms with E-state index >= 15 is 0 Å². The second-order valence-corrected chi connectivity index (χ2v) is 6.06. The average molecular weight is 326 g/mol. The minimum atomic E-state index is -0.141. The predicted molar refractivity (Wildman–Crippen MR) is 91.4 cm³/mol. The zero-order valence-electron chi connectivity index (χ0n) is 13.7. The first-order chi connectivity index (χ1) is 11.7. The molecule has 1 amide bonds. The van der Waals surface area contributed by atoms with E-state index in [1.54, 1.807) is 18.5 Å². The average Bonchev–Trinajstić information content (AvgIpc) is 2.64. The summed E-state index contributed by atoms with van der Waals surface area (Å²) in [5.41, 5.74) is 1.51. The molecule has 3 heterocycles. The Balaban J connectivity index is 1.60. The van der Waals surface area contributed by atoms with Gasteiger partial charge in [0.2, 0.25) is 5.91 Å². The fourth-order valence-electron chi connectivity index (χ4n) is 2.97. The van der Waals surface area contributed by atoms with Crippen molar-refractivity contribution >= 4 is 5.91 Å². The van der Waals surface area contributed by atoms with Gasteiger partial charge >= 0.3 is 0 Å². The molecule has 1 saturated heterocycles. The van der Waals surface area contributed by atoms with Gasteiger partial charge in [0.25, 0.3) is 5.56 Å². The number of aryl methyl sites for hydroxylation is 1. The third-order valence-corrected chi connectivity index (χ3v) is 4.31. The van der Waals surface area contributed by atoms with E-state index in [0.29, 0.717) is 19.4 Å². The molecule has 6 nitrogen and oxygen atoms in total. The fourth-order valence-corrected chi connectivity index (χ4v) is 2.97. The van der Waals surface area contributed by atoms with E-state index in [9.17, 15) is 9.59 Å². The Labute approximate surface area is 141 Å². The van der Waals surface area contributed by atoms with E-state index in [2.05, 4.69) is 10.1 Å². The highest BCUT2D eigenvalue weighted by Crippen LogP contribution is 2.14. The van der Waals surface area contributed by atoms with Crippen LogP contribution in [0.4, 0.5) is 0 Å². The molecule has 0 spiro atoms. The summed E-state index contributed by atoms with van der Waals surface area (Å²) in [5.74, 6) is 0.188. The van der Waals surface area contributed by atoms with Crippen LogP contribution in [0.25, 0.3) is 11.3 Å². The number of hydrogen-bond acceptors (Lipinski definition) is 4. The Bertz CT molecular complexity index is 736. The third-order valence-electron chi connectivity index (χ3n) is 4.31. The molecule has 1 aliphatic rings. The standard InChI is InChI=1S/C18H22N4O2/c23-17(21-12-2-1-3-13-21)5-4-14-22-18(24)7-6-16(20-22)15-8-10-19-11-9-15/h6-11H,1-5,12-14H2. The molecule has 6 heteroatoms. The van der Waals surface area contributed by atoms with Crippen LogP contribution in [0.15, 0.2) is 41.5 Å². The summed E-state index contributed by atoms with van der Waals surface area (Å²) in [7, 11) is 0. The third kappa shape index (κ3) is 4.07. The van der Waals surface area contributed by atoms with E-state index in [-0.39, 0.29) is 11.5 Å². The van der Waals surface area contributed by atoms with Gasteiger partial charge in [-0.1, -0.05) is 0 Å². The van der Waals surface area contributed by atoms with Gasteiger partial charge in [-0.25, -0.2) is 4.68 Å². The molecular formula is C18H22N4O2. The molecule has 126 valence electrons. The number of rotatable bonds is 5. The van der Waals surface area contributed by atoms with E-state index < -0.39 is 0 Å². The lowest BCUT2D eigenvalue weighted by Gasteiger charge is -2.26. The lowest BCUT2D eigenvalue weighted by molar-refractivity contribution is -0.132. The van der Waals surface area contributed by atoms with Gasteiger partial charge in [-0.05, 0) is 43.9 Å². The minimum Gasteiger partial charge on any atom is -0.343 e. The Hall–Kier alpha value is -2.50. The van der Waals surface area contributed by atoms with Crippen molar-refractivity contribution in [1.82, 2.24) is 19.7 Å². The first-order valence-electron chi connectivity index (χ1n) is 8.50. The smallest absolute Gasteiger partial charge is 0.266 e. The molecule has 0 unspecified atom stereocenters. The number of carbonyl (C=O) groups is 1. The quantitative estimate of drug-likeness (QED) is 0.844. The SMILES string of the molecule is O=C(CCCn1nc(-c2ccncc2)ccc1=O)N1CCCCC1. The summed E-state index contributed by atoms with van der Waals surface area (Å²) < 4.78 is 1.44. The molecule has 0 atom stereocenters. The number of piperidine rings is 1. The molecule has 0 aliphatic carbocycles. The van der Waals surface area contributed by atoms with Crippen molar-refractivity contribution in [2.24, 2.45) is 0 Å². The fraction of sp³-hybridized carbons (Fsp3) is 0.444. The number of hydrogen-bond donors (Lipinski definition) is 0. The molecule has 0 N–H and O–H groups in total. The summed E-state index contributed by atoms with van der Waals surface area (Å²) in [5, 5.41) is 4.40. The van der Waals surface area contributed by atoms with Gasteiger partial charge in [0.15, 0.2) is 0 Å². The summed E-state index contributed by atoms with van der Waals surface area (Å²) >= 11 is 0. The number of pyridine rings is 1. The van der Waals surface area contributed by atoms with Gasteiger partial charge in [-0.3, -0.25) is 14.6 Å². The Morgan fingerprint density at radius 1 is 1.04 bits per heavy atom. The van der Waals surface area contributed by atoms with E-state index in [0.717, 1.165) is 37.2 Å². The van der Waals surface area contributed by atoms with E-state index in [1.807, 2.05) is 17.0 Å². The second-order valence-electron chi connectivity index (χ2n) is 6.06. The van der Waals surface area contributed by atoms with Crippen molar-refractivity contribution in [2.75, 3.05) is 13.1 Å². The molecule has 0 saturated carbocycles. The summed E-state index contributed by atoms with van der Waals surface area (Å²) in [6, 6.07) is 6.95. The van der Waals surface area contributed by atoms with Crippen LogP contribution in [0.5, 0.6) is 0 Å². The molecule has 0 aromatic carbocycles. The van der Waals surface area contributed by atoms with Crippen LogP contribution in [-0.4, -0.2) is 38.7 Å². The molecule has 24 heavy (non-hydrogen) atoms. The van der Waals surface area contributed by atoms with Crippen LogP contribution in [0.1, 0.15) is 32.1 Å². The van der Waals surface area contributed by atoms with Gasteiger partial charge in [-0.15, -0.1) is 0 Å². The number of carbonyl (C=O) groups excluding carboxylic acids is 1. The molecule has 0 radical (unpaired) electrons. The van der Waals surface area contributed by atoms with Crippen molar-refractivity contribution < 1.29 is 4.79 Å². The number of aromatic nitrogens is 3. The number of amides is 1. The highest BCUT2D eigenvalue weighted by Gasteiger charge is 2.15. The molecule has 3 rings (SSSR count). The van der Waals surface area contributed by atoms with Crippen LogP contribution in [0.2, 0.25) is 0 Å². The maximum absolute atomic E-state index is 12.2. The number of likely N-dealkylation sites (tertiary alicyclic amines) is 1. The second kappa shape index (κ2) is 7.86. The van der Waals surface area contributed by atoms with Gasteiger partial charge in [0.05, 0.1) is 5.69 Å². The first-order valence-corrected chi connectivity index (χ1v) is 8.50. The van der Waals surface area contributed by atoms with Crippen molar-refractivity contribution in [1.29, 1.82) is 0 Å². The summed E-state index contributed by atoms with van der Waals surface area (Å²) in [6.07, 6.45) is 7.90. The molecule has 2 aromatic heterocycles. The van der Waals surface area contributed by atoms with Crippen LogP contribution in [-0.2, 0) is 11.3 Å². The predicted octanol–water partition coefficient (Wildman–Crippen LogP) is 2.10.